The van der Waals surface area contributed by atoms with Gasteiger partial charge in [0.15, 0.2) is 0 Å². The van der Waals surface area contributed by atoms with E-state index in [9.17, 15) is 0 Å². The number of rotatable bonds is 4. The monoisotopic (exact) mass is 233 g/mol. The number of nitrogens with one attached hydrogen (secondary N) is 1. The van der Waals surface area contributed by atoms with Gasteiger partial charge in [0.25, 0.3) is 0 Å². The Labute approximate surface area is 99.3 Å². The molecule has 0 spiro atoms. The fraction of sp³-hybridized carbons (Fsp3) is 0.250. The summed E-state index contributed by atoms with van der Waals surface area (Å²) in [7, 11) is 0. The quantitative estimate of drug-likeness (QED) is 0.853. The molecule has 0 amide bonds. The van der Waals surface area contributed by atoms with Crippen LogP contribution >= 0.6 is 11.3 Å². The average Bonchev–Trinajstić information content (AvgIpc) is 2.76. The molecule has 0 bridgehead atoms. The first kappa shape index (κ1) is 11.0. The molecular formula is C12H15N3S. The van der Waals surface area contributed by atoms with E-state index in [0.717, 1.165) is 18.8 Å². The van der Waals surface area contributed by atoms with E-state index >= 15 is 0 Å². The fourth-order valence-electron chi connectivity index (χ4n) is 1.39. The van der Waals surface area contributed by atoms with Crippen molar-refractivity contribution in [2.45, 2.75) is 19.9 Å². The minimum atomic E-state index is 0.690. The highest BCUT2D eigenvalue weighted by atomic mass is 32.1. The van der Waals surface area contributed by atoms with Gasteiger partial charge in [-0.15, -0.1) is 11.3 Å². The van der Waals surface area contributed by atoms with E-state index in [4.69, 9.17) is 5.73 Å². The van der Waals surface area contributed by atoms with Gasteiger partial charge in [-0.25, -0.2) is 4.98 Å². The van der Waals surface area contributed by atoms with E-state index in [-0.39, 0.29) is 0 Å². The molecule has 2 aromatic rings. The van der Waals surface area contributed by atoms with Crippen molar-refractivity contribution in [1.29, 1.82) is 0 Å². The number of pyridine rings is 1. The number of anilines is 2. The molecule has 0 radical (unpaired) electrons. The summed E-state index contributed by atoms with van der Waals surface area (Å²) in [5.74, 6) is 0.862. The summed E-state index contributed by atoms with van der Waals surface area (Å²) in [6.45, 7) is 2.99. The third kappa shape index (κ3) is 2.73. The van der Waals surface area contributed by atoms with Crippen molar-refractivity contribution in [3.63, 3.8) is 0 Å². The molecule has 84 valence electrons. The van der Waals surface area contributed by atoms with Crippen LogP contribution in [0.2, 0.25) is 0 Å². The third-order valence-electron chi connectivity index (χ3n) is 2.30. The molecule has 0 unspecified atom stereocenters. The predicted octanol–water partition coefficient (Wildman–Crippen LogP) is 2.90. The molecule has 0 saturated carbocycles. The smallest absolute Gasteiger partial charge is 0.126 e. The Kier molecular flexibility index (Phi) is 3.41. The number of aromatic nitrogens is 1. The Morgan fingerprint density at radius 1 is 1.25 bits per heavy atom. The summed E-state index contributed by atoms with van der Waals surface area (Å²) >= 11 is 1.84. The molecule has 0 atom stereocenters. The number of aryl methyl sites for hydroxylation is 1. The molecule has 0 aromatic carbocycles. The molecule has 2 aromatic heterocycles. The zero-order valence-corrected chi connectivity index (χ0v) is 10.1. The molecule has 0 saturated heterocycles. The second-order valence-corrected chi connectivity index (χ2v) is 4.80. The van der Waals surface area contributed by atoms with Crippen LogP contribution in [0.4, 0.5) is 11.5 Å². The van der Waals surface area contributed by atoms with Gasteiger partial charge in [0.05, 0.1) is 18.4 Å². The second kappa shape index (κ2) is 4.99. The van der Waals surface area contributed by atoms with Gasteiger partial charge in [0, 0.05) is 9.75 Å². The van der Waals surface area contributed by atoms with Crippen LogP contribution in [0.3, 0.4) is 0 Å². The highest BCUT2D eigenvalue weighted by Gasteiger charge is 1.99. The van der Waals surface area contributed by atoms with E-state index in [0.29, 0.717) is 5.69 Å². The minimum Gasteiger partial charge on any atom is -0.397 e. The molecular weight excluding hydrogens is 218 g/mol. The SMILES string of the molecule is CCc1ccc(CNc2ccc(N)cn2)s1. The number of nitrogen functional groups attached to an aromatic ring is 1. The summed E-state index contributed by atoms with van der Waals surface area (Å²) in [5, 5.41) is 3.27. The lowest BCUT2D eigenvalue weighted by atomic mass is 10.3. The molecule has 16 heavy (non-hydrogen) atoms. The zero-order chi connectivity index (χ0) is 11.4. The van der Waals surface area contributed by atoms with E-state index in [1.165, 1.54) is 9.75 Å². The third-order valence-corrected chi connectivity index (χ3v) is 3.53. The van der Waals surface area contributed by atoms with Crippen molar-refractivity contribution in [3.05, 3.63) is 40.2 Å². The Morgan fingerprint density at radius 3 is 2.69 bits per heavy atom. The van der Waals surface area contributed by atoms with Crippen molar-refractivity contribution in [2.75, 3.05) is 11.1 Å². The van der Waals surface area contributed by atoms with E-state index in [2.05, 4.69) is 29.4 Å². The summed E-state index contributed by atoms with van der Waals surface area (Å²) in [6, 6.07) is 8.08. The van der Waals surface area contributed by atoms with Crippen LogP contribution in [0, 0.1) is 0 Å². The predicted molar refractivity (Wildman–Crippen MR) is 69.7 cm³/mol. The Morgan fingerprint density at radius 2 is 2.06 bits per heavy atom. The Hall–Kier alpha value is -1.55. The maximum absolute atomic E-state index is 5.57. The summed E-state index contributed by atoms with van der Waals surface area (Å²) < 4.78 is 0. The number of nitrogens with zero attached hydrogens (tertiary/aromatic N) is 1. The second-order valence-electron chi connectivity index (χ2n) is 3.55. The topological polar surface area (TPSA) is 50.9 Å². The van der Waals surface area contributed by atoms with Crippen LogP contribution in [0.15, 0.2) is 30.5 Å². The normalized spacial score (nSPS) is 10.3. The average molecular weight is 233 g/mol. The van der Waals surface area contributed by atoms with Crippen LogP contribution in [0.25, 0.3) is 0 Å². The molecule has 0 aliphatic heterocycles. The lowest BCUT2D eigenvalue weighted by Crippen LogP contribution is -1.99. The fourth-order valence-corrected chi connectivity index (χ4v) is 2.29. The standard InChI is InChI=1S/C12H15N3S/c1-2-10-4-5-11(16-10)8-15-12-6-3-9(13)7-14-12/h3-7H,2,8,13H2,1H3,(H,14,15). The molecule has 0 aliphatic carbocycles. The van der Waals surface area contributed by atoms with Gasteiger partial charge in [-0.1, -0.05) is 6.92 Å². The van der Waals surface area contributed by atoms with Gasteiger partial charge >= 0.3 is 0 Å². The van der Waals surface area contributed by atoms with E-state index in [1.807, 2.05) is 23.5 Å². The van der Waals surface area contributed by atoms with Crippen LogP contribution < -0.4 is 11.1 Å². The van der Waals surface area contributed by atoms with Gasteiger partial charge in [0.2, 0.25) is 0 Å². The van der Waals surface area contributed by atoms with Crippen LogP contribution in [-0.4, -0.2) is 4.98 Å². The van der Waals surface area contributed by atoms with Crippen molar-refractivity contribution in [1.82, 2.24) is 4.98 Å². The highest BCUT2D eigenvalue weighted by molar-refractivity contribution is 7.12. The van der Waals surface area contributed by atoms with Crippen molar-refractivity contribution < 1.29 is 0 Å². The van der Waals surface area contributed by atoms with Gasteiger partial charge in [-0.3, -0.25) is 0 Å². The molecule has 3 N–H and O–H groups in total. The highest BCUT2D eigenvalue weighted by Crippen LogP contribution is 2.18. The molecule has 2 rings (SSSR count). The molecule has 2 heterocycles. The lowest BCUT2D eigenvalue weighted by molar-refractivity contribution is 1.14. The van der Waals surface area contributed by atoms with E-state index in [1.54, 1.807) is 6.20 Å². The van der Waals surface area contributed by atoms with Crippen LogP contribution in [0.1, 0.15) is 16.7 Å². The maximum Gasteiger partial charge on any atom is 0.126 e. The molecule has 3 nitrogen and oxygen atoms in total. The Balaban J connectivity index is 1.94. The van der Waals surface area contributed by atoms with Crippen molar-refractivity contribution in [3.8, 4) is 0 Å². The van der Waals surface area contributed by atoms with Crippen LogP contribution in [0.5, 0.6) is 0 Å². The molecule has 0 fully saturated rings. The van der Waals surface area contributed by atoms with Crippen molar-refractivity contribution in [2.24, 2.45) is 0 Å². The van der Waals surface area contributed by atoms with Crippen LogP contribution in [-0.2, 0) is 13.0 Å². The largest absolute Gasteiger partial charge is 0.397 e. The van der Waals surface area contributed by atoms with Crippen molar-refractivity contribution >= 4 is 22.8 Å². The van der Waals surface area contributed by atoms with Gasteiger partial charge in [-0.2, -0.15) is 0 Å². The van der Waals surface area contributed by atoms with E-state index < -0.39 is 0 Å². The number of hydrogen-bond donors (Lipinski definition) is 2. The number of hydrogen-bond acceptors (Lipinski definition) is 4. The summed E-state index contributed by atoms with van der Waals surface area (Å²) in [4.78, 5) is 6.94. The first-order valence-electron chi connectivity index (χ1n) is 5.31. The number of thiophene rings is 1. The summed E-state index contributed by atoms with van der Waals surface area (Å²) in [5.41, 5.74) is 6.26. The van der Waals surface area contributed by atoms with Gasteiger partial charge in [-0.05, 0) is 30.7 Å². The zero-order valence-electron chi connectivity index (χ0n) is 9.23. The Bertz CT molecular complexity index is 448. The van der Waals surface area contributed by atoms with Gasteiger partial charge < -0.3 is 11.1 Å². The molecule has 4 heteroatoms. The lowest BCUT2D eigenvalue weighted by Gasteiger charge is -2.03. The maximum atomic E-state index is 5.57. The number of nitrogens with two attached hydrogens (primary N) is 1. The first-order valence-corrected chi connectivity index (χ1v) is 6.12. The molecule has 0 aliphatic rings. The van der Waals surface area contributed by atoms with Gasteiger partial charge in [0.1, 0.15) is 5.82 Å². The summed E-state index contributed by atoms with van der Waals surface area (Å²) in [6.07, 6.45) is 2.76. The first-order chi connectivity index (χ1) is 7.78. The minimum absolute atomic E-state index is 0.690.